The maximum atomic E-state index is 11.4. The number of carboxylic acid groups (broad SMARTS) is 1. The van der Waals surface area contributed by atoms with Gasteiger partial charge >= 0.3 is 5.97 Å². The molecule has 32 heavy (non-hydrogen) atoms. The first-order valence-corrected chi connectivity index (χ1v) is 10.2. The van der Waals surface area contributed by atoms with Gasteiger partial charge in [-0.15, -0.1) is 0 Å². The Kier molecular flexibility index (Phi) is 6.19. The third-order valence-corrected chi connectivity index (χ3v) is 5.32. The Labute approximate surface area is 184 Å². The summed E-state index contributed by atoms with van der Waals surface area (Å²) in [7, 11) is 0. The molecule has 0 aliphatic carbocycles. The molecule has 1 saturated heterocycles. The van der Waals surface area contributed by atoms with Crippen molar-refractivity contribution in [3.63, 3.8) is 0 Å². The highest BCUT2D eigenvalue weighted by atomic mass is 16.4. The van der Waals surface area contributed by atoms with Gasteiger partial charge in [-0.25, -0.2) is 24.7 Å². The summed E-state index contributed by atoms with van der Waals surface area (Å²) < 4.78 is 0. The molecule has 1 unspecified atom stereocenters. The summed E-state index contributed by atoms with van der Waals surface area (Å²) in [6.45, 7) is 2.34. The molecular formula is C22H22N8O2. The summed E-state index contributed by atoms with van der Waals surface area (Å²) in [6.07, 6.45) is 4.82. The fourth-order valence-corrected chi connectivity index (χ4v) is 3.59. The van der Waals surface area contributed by atoms with Crippen LogP contribution in [0.2, 0.25) is 0 Å². The molecule has 10 heteroatoms. The molecule has 162 valence electrons. The predicted octanol–water partition coefficient (Wildman–Crippen LogP) is 1.85. The minimum Gasteiger partial charge on any atom is -0.476 e. The van der Waals surface area contributed by atoms with E-state index in [-0.39, 0.29) is 17.2 Å². The number of hydrogen-bond donors (Lipinski definition) is 4. The lowest BCUT2D eigenvalue weighted by Gasteiger charge is -2.11. The van der Waals surface area contributed by atoms with E-state index < -0.39 is 5.97 Å². The second kappa shape index (κ2) is 9.36. The average Bonchev–Trinajstić information content (AvgIpc) is 3.32. The Hall–Kier alpha value is -4.10. The normalized spacial score (nSPS) is 15.3. The summed E-state index contributed by atoms with van der Waals surface area (Å²) in [5.41, 5.74) is 9.11. The monoisotopic (exact) mass is 430 g/mol. The van der Waals surface area contributed by atoms with Crippen LogP contribution >= 0.6 is 0 Å². The number of nitrogen functional groups attached to an aromatic ring is 1. The average molecular weight is 430 g/mol. The second-order valence-electron chi connectivity index (χ2n) is 7.57. The topological polar surface area (TPSA) is 163 Å². The minimum atomic E-state index is -1.25. The van der Waals surface area contributed by atoms with Gasteiger partial charge in [0, 0.05) is 12.1 Å². The SMILES string of the molecule is N#Cc1cnc(NCc2ccc(-c3cnc(N)c(CC4CCNC4)n3)cc2)c(C(=O)O)n1. The molecule has 3 heterocycles. The first-order chi connectivity index (χ1) is 15.5. The lowest BCUT2D eigenvalue weighted by molar-refractivity contribution is 0.0691. The van der Waals surface area contributed by atoms with Crippen molar-refractivity contribution < 1.29 is 9.90 Å². The number of rotatable bonds is 7. The van der Waals surface area contributed by atoms with E-state index in [1.54, 1.807) is 12.3 Å². The van der Waals surface area contributed by atoms with Crippen LogP contribution in [-0.4, -0.2) is 44.1 Å². The molecule has 0 saturated carbocycles. The minimum absolute atomic E-state index is 0.0505. The van der Waals surface area contributed by atoms with Gasteiger partial charge in [0.15, 0.2) is 17.2 Å². The third kappa shape index (κ3) is 4.79. The zero-order chi connectivity index (χ0) is 22.5. The van der Waals surface area contributed by atoms with Crippen molar-refractivity contribution in [2.24, 2.45) is 5.92 Å². The molecule has 1 aromatic carbocycles. The number of nitrogens with zero attached hydrogens (tertiary/aromatic N) is 5. The summed E-state index contributed by atoms with van der Waals surface area (Å²) in [4.78, 5) is 28.2. The Morgan fingerprint density at radius 3 is 2.75 bits per heavy atom. The van der Waals surface area contributed by atoms with Crippen molar-refractivity contribution in [2.45, 2.75) is 19.4 Å². The second-order valence-corrected chi connectivity index (χ2v) is 7.57. The van der Waals surface area contributed by atoms with Gasteiger partial charge in [-0.3, -0.25) is 0 Å². The van der Waals surface area contributed by atoms with Crippen molar-refractivity contribution in [3.05, 3.63) is 59.3 Å². The van der Waals surface area contributed by atoms with Crippen LogP contribution in [-0.2, 0) is 13.0 Å². The molecule has 2 aromatic heterocycles. The van der Waals surface area contributed by atoms with Crippen LogP contribution in [0.5, 0.6) is 0 Å². The Balaban J connectivity index is 1.46. The van der Waals surface area contributed by atoms with Crippen molar-refractivity contribution >= 4 is 17.6 Å². The molecule has 0 spiro atoms. The first-order valence-electron chi connectivity index (χ1n) is 10.2. The van der Waals surface area contributed by atoms with Gasteiger partial charge in [0.2, 0.25) is 0 Å². The molecule has 3 aromatic rings. The number of nitrogens with one attached hydrogen (secondary N) is 2. The van der Waals surface area contributed by atoms with Gasteiger partial charge in [0.05, 0.1) is 23.8 Å². The van der Waals surface area contributed by atoms with Crippen LogP contribution in [0, 0.1) is 17.2 Å². The van der Waals surface area contributed by atoms with Crippen LogP contribution in [0.4, 0.5) is 11.6 Å². The summed E-state index contributed by atoms with van der Waals surface area (Å²) in [6, 6.07) is 9.48. The van der Waals surface area contributed by atoms with Gasteiger partial charge in [-0.05, 0) is 37.4 Å². The number of hydrogen-bond acceptors (Lipinski definition) is 9. The number of carbonyl (C=O) groups is 1. The number of aromatic carboxylic acids is 1. The van der Waals surface area contributed by atoms with Gasteiger partial charge in [0.1, 0.15) is 11.9 Å². The van der Waals surface area contributed by atoms with Crippen LogP contribution < -0.4 is 16.4 Å². The fraction of sp³-hybridized carbons (Fsp3) is 0.273. The molecule has 0 amide bonds. The Bertz CT molecular complexity index is 1170. The maximum absolute atomic E-state index is 11.4. The van der Waals surface area contributed by atoms with Gasteiger partial charge in [-0.1, -0.05) is 24.3 Å². The largest absolute Gasteiger partial charge is 0.476 e. The lowest BCUT2D eigenvalue weighted by atomic mass is 10.0. The highest BCUT2D eigenvalue weighted by Crippen LogP contribution is 2.23. The fourth-order valence-electron chi connectivity index (χ4n) is 3.59. The van der Waals surface area contributed by atoms with E-state index in [9.17, 15) is 9.90 Å². The molecule has 10 nitrogen and oxygen atoms in total. The maximum Gasteiger partial charge on any atom is 0.358 e. The van der Waals surface area contributed by atoms with E-state index in [1.165, 1.54) is 6.20 Å². The number of aromatic nitrogens is 4. The number of nitriles is 1. The van der Waals surface area contributed by atoms with E-state index in [2.05, 4.69) is 25.6 Å². The summed E-state index contributed by atoms with van der Waals surface area (Å²) in [5, 5.41) is 24.5. The standard InChI is InChI=1S/C22H22N8O2/c23-8-16-11-28-21(19(29-16)22(31)32)27-10-13-1-3-15(4-2-13)18-12-26-20(24)17(30-18)7-14-5-6-25-9-14/h1-4,11-12,14,25H,5-7,9-10H2,(H2,24,26)(H,27,28)(H,31,32). The number of anilines is 2. The molecule has 1 atom stereocenters. The van der Waals surface area contributed by atoms with Crippen LogP contribution in [0.3, 0.4) is 0 Å². The van der Waals surface area contributed by atoms with Gasteiger partial charge in [-0.2, -0.15) is 5.26 Å². The molecule has 1 aliphatic rings. The molecule has 5 N–H and O–H groups in total. The predicted molar refractivity (Wildman–Crippen MR) is 118 cm³/mol. The smallest absolute Gasteiger partial charge is 0.358 e. The van der Waals surface area contributed by atoms with E-state index in [4.69, 9.17) is 16.0 Å². The molecular weight excluding hydrogens is 408 g/mol. The van der Waals surface area contributed by atoms with Crippen molar-refractivity contribution in [1.29, 1.82) is 5.26 Å². The molecule has 0 bridgehead atoms. The zero-order valence-electron chi connectivity index (χ0n) is 17.2. The number of benzene rings is 1. The van der Waals surface area contributed by atoms with Crippen molar-refractivity contribution in [1.82, 2.24) is 25.3 Å². The molecule has 1 aliphatic heterocycles. The molecule has 1 fully saturated rings. The van der Waals surface area contributed by atoms with Crippen LogP contribution in [0.15, 0.2) is 36.7 Å². The summed E-state index contributed by atoms with van der Waals surface area (Å²) >= 11 is 0. The van der Waals surface area contributed by atoms with Crippen LogP contribution in [0.1, 0.15) is 33.9 Å². The highest BCUT2D eigenvalue weighted by Gasteiger charge is 2.18. The van der Waals surface area contributed by atoms with Gasteiger partial charge < -0.3 is 21.5 Å². The third-order valence-electron chi connectivity index (χ3n) is 5.32. The molecule has 4 rings (SSSR count). The van der Waals surface area contributed by atoms with E-state index >= 15 is 0 Å². The van der Waals surface area contributed by atoms with E-state index in [0.29, 0.717) is 18.3 Å². The van der Waals surface area contributed by atoms with E-state index in [0.717, 1.165) is 48.4 Å². The Morgan fingerprint density at radius 2 is 2.06 bits per heavy atom. The zero-order valence-corrected chi connectivity index (χ0v) is 17.2. The van der Waals surface area contributed by atoms with Gasteiger partial charge in [0.25, 0.3) is 0 Å². The summed E-state index contributed by atoms with van der Waals surface area (Å²) in [5.74, 6) is -0.148. The van der Waals surface area contributed by atoms with Crippen LogP contribution in [0.25, 0.3) is 11.3 Å². The number of nitrogens with two attached hydrogens (primary N) is 1. The Morgan fingerprint density at radius 1 is 1.25 bits per heavy atom. The quantitative estimate of drug-likeness (QED) is 0.435. The van der Waals surface area contributed by atoms with Crippen molar-refractivity contribution in [3.8, 4) is 17.3 Å². The molecule has 0 radical (unpaired) electrons. The lowest BCUT2D eigenvalue weighted by Crippen LogP contribution is -2.13. The van der Waals surface area contributed by atoms with Crippen molar-refractivity contribution in [2.75, 3.05) is 24.1 Å². The van der Waals surface area contributed by atoms with E-state index in [1.807, 2.05) is 24.3 Å². The number of carboxylic acids is 1. The highest BCUT2D eigenvalue weighted by molar-refractivity contribution is 5.90. The first kappa shape index (κ1) is 21.1.